The van der Waals surface area contributed by atoms with Crippen LogP contribution in [-0.2, 0) is 9.31 Å². The predicted molar refractivity (Wildman–Crippen MR) is 122 cm³/mol. The minimum absolute atomic E-state index is 0.331. The second-order valence-corrected chi connectivity index (χ2v) is 9.73. The van der Waals surface area contributed by atoms with E-state index in [1.165, 1.54) is 23.6 Å². The van der Waals surface area contributed by atoms with E-state index in [4.69, 9.17) is 9.31 Å². The Morgan fingerprint density at radius 1 is 1.03 bits per heavy atom. The molecule has 5 rings (SSSR count). The number of hydrogen-bond donors (Lipinski definition) is 1. The maximum absolute atomic E-state index is 6.21. The van der Waals surface area contributed by atoms with Crippen molar-refractivity contribution in [3.63, 3.8) is 0 Å². The van der Waals surface area contributed by atoms with E-state index in [2.05, 4.69) is 86.0 Å². The van der Waals surface area contributed by atoms with Crippen molar-refractivity contribution in [1.29, 1.82) is 0 Å². The summed E-state index contributed by atoms with van der Waals surface area (Å²) in [4.78, 5) is 10.6. The number of nitrogens with zero attached hydrogens (tertiary/aromatic N) is 2. The zero-order valence-electron chi connectivity index (χ0n) is 18.5. The maximum atomic E-state index is 6.21. The number of aromatic nitrogens is 2. The van der Waals surface area contributed by atoms with Gasteiger partial charge in [0, 0.05) is 5.56 Å². The number of nitrogens with one attached hydrogen (secondary N) is 1. The Labute approximate surface area is 178 Å². The molecule has 1 atom stereocenters. The van der Waals surface area contributed by atoms with Crippen LogP contribution in [-0.4, -0.2) is 46.8 Å². The number of fused-ring (bicyclic) bond motifs is 1. The van der Waals surface area contributed by atoms with Crippen LogP contribution < -0.4 is 5.46 Å². The second-order valence-electron chi connectivity index (χ2n) is 9.73. The van der Waals surface area contributed by atoms with Gasteiger partial charge in [0.2, 0.25) is 0 Å². The normalized spacial score (nSPS) is 23.5. The van der Waals surface area contributed by atoms with Crippen molar-refractivity contribution in [1.82, 2.24) is 14.9 Å². The van der Waals surface area contributed by atoms with Crippen molar-refractivity contribution in [3.05, 3.63) is 48.4 Å². The van der Waals surface area contributed by atoms with E-state index in [0.29, 0.717) is 6.04 Å². The minimum Gasteiger partial charge on any atom is -0.399 e. The highest BCUT2D eigenvalue weighted by Crippen LogP contribution is 2.37. The summed E-state index contributed by atoms with van der Waals surface area (Å²) < 4.78 is 12.4. The fourth-order valence-electron chi connectivity index (χ4n) is 4.47. The van der Waals surface area contributed by atoms with Crippen LogP contribution in [0.5, 0.6) is 0 Å². The van der Waals surface area contributed by atoms with E-state index in [1.807, 2.05) is 6.20 Å². The molecular formula is C24H30BN3O2. The third-order valence-electron chi connectivity index (χ3n) is 7.13. The van der Waals surface area contributed by atoms with E-state index in [-0.39, 0.29) is 18.3 Å². The van der Waals surface area contributed by atoms with Gasteiger partial charge in [0.15, 0.2) is 0 Å². The van der Waals surface area contributed by atoms with E-state index in [9.17, 15) is 0 Å². The van der Waals surface area contributed by atoms with Crippen LogP contribution in [0.1, 0.15) is 52.4 Å². The van der Waals surface area contributed by atoms with Crippen LogP contribution in [0, 0.1) is 0 Å². The average molecular weight is 403 g/mol. The lowest BCUT2D eigenvalue weighted by Crippen LogP contribution is -2.41. The third kappa shape index (κ3) is 3.27. The van der Waals surface area contributed by atoms with Gasteiger partial charge in [0.25, 0.3) is 0 Å². The minimum atomic E-state index is -0.336. The first-order chi connectivity index (χ1) is 14.2. The van der Waals surface area contributed by atoms with E-state index < -0.39 is 0 Å². The Morgan fingerprint density at radius 3 is 2.43 bits per heavy atom. The molecule has 2 saturated heterocycles. The smallest absolute Gasteiger partial charge is 0.399 e. The molecule has 3 aromatic rings. The van der Waals surface area contributed by atoms with Crippen LogP contribution in [0.15, 0.2) is 42.6 Å². The van der Waals surface area contributed by atoms with Gasteiger partial charge in [-0.25, -0.2) is 4.98 Å². The molecule has 5 nitrogen and oxygen atoms in total. The van der Waals surface area contributed by atoms with Crippen molar-refractivity contribution in [2.75, 3.05) is 13.6 Å². The molecule has 1 N–H and O–H groups in total. The summed E-state index contributed by atoms with van der Waals surface area (Å²) in [7, 11) is 1.84. The van der Waals surface area contributed by atoms with Crippen molar-refractivity contribution in [2.45, 2.75) is 57.8 Å². The Kier molecular flexibility index (Phi) is 4.58. The van der Waals surface area contributed by atoms with Gasteiger partial charge >= 0.3 is 7.12 Å². The molecule has 2 aromatic carbocycles. The summed E-state index contributed by atoms with van der Waals surface area (Å²) in [6, 6.07) is 13.4. The van der Waals surface area contributed by atoms with Gasteiger partial charge in [-0.05, 0) is 76.4 Å². The fourth-order valence-corrected chi connectivity index (χ4v) is 4.47. The van der Waals surface area contributed by atoms with Gasteiger partial charge in [0.05, 0.1) is 29.1 Å². The van der Waals surface area contributed by atoms with Gasteiger partial charge in [-0.3, -0.25) is 4.90 Å². The van der Waals surface area contributed by atoms with E-state index in [1.54, 1.807) is 0 Å². The standard InChI is InChI=1S/C24H30BN3O2/c1-23(2)24(3,4)30-25(29-23)19-11-10-16-13-18(9-8-17(16)14-19)20-15-26-22(27-20)21-7-6-12-28(21)5/h8-11,13-15,21H,6-7,12H2,1-5H3,(H,26,27)/t21-/m0/s1. The lowest BCUT2D eigenvalue weighted by Gasteiger charge is -2.32. The third-order valence-corrected chi connectivity index (χ3v) is 7.13. The number of likely N-dealkylation sites (tertiary alicyclic amines) is 1. The first kappa shape index (κ1) is 19.8. The number of imidazole rings is 1. The highest BCUT2D eigenvalue weighted by atomic mass is 16.7. The Bertz CT molecular complexity index is 1070. The Balaban J connectivity index is 1.41. The van der Waals surface area contributed by atoms with Crippen LogP contribution in [0.3, 0.4) is 0 Å². The summed E-state index contributed by atoms with van der Waals surface area (Å²) in [5.41, 5.74) is 2.62. The molecule has 0 amide bonds. The highest BCUT2D eigenvalue weighted by Gasteiger charge is 2.51. The van der Waals surface area contributed by atoms with Crippen LogP contribution in [0.2, 0.25) is 0 Å². The average Bonchev–Trinajstić information content (AvgIpc) is 3.39. The zero-order chi connectivity index (χ0) is 21.1. The van der Waals surface area contributed by atoms with Crippen LogP contribution >= 0.6 is 0 Å². The van der Waals surface area contributed by atoms with Crippen molar-refractivity contribution < 1.29 is 9.31 Å². The first-order valence-corrected chi connectivity index (χ1v) is 10.9. The molecule has 1 aromatic heterocycles. The fraction of sp³-hybridized carbons (Fsp3) is 0.458. The maximum Gasteiger partial charge on any atom is 0.494 e. The molecule has 0 radical (unpaired) electrons. The van der Waals surface area contributed by atoms with Crippen LogP contribution in [0.4, 0.5) is 0 Å². The predicted octanol–water partition coefficient (Wildman–Crippen LogP) is 4.30. The molecule has 0 spiro atoms. The quantitative estimate of drug-likeness (QED) is 0.663. The number of benzene rings is 2. The lowest BCUT2D eigenvalue weighted by atomic mass is 9.78. The first-order valence-electron chi connectivity index (χ1n) is 10.9. The number of H-pyrrole nitrogens is 1. The molecule has 3 heterocycles. The largest absolute Gasteiger partial charge is 0.494 e. The summed E-state index contributed by atoms with van der Waals surface area (Å²) in [5.74, 6) is 1.07. The van der Waals surface area contributed by atoms with Gasteiger partial charge in [-0.2, -0.15) is 0 Å². The second kappa shape index (κ2) is 6.94. The van der Waals surface area contributed by atoms with Crippen molar-refractivity contribution >= 4 is 23.4 Å². The molecule has 2 fully saturated rings. The molecule has 0 aliphatic carbocycles. The highest BCUT2D eigenvalue weighted by molar-refractivity contribution is 6.62. The van der Waals surface area contributed by atoms with Gasteiger partial charge in [0.1, 0.15) is 5.82 Å². The molecule has 30 heavy (non-hydrogen) atoms. The van der Waals surface area contributed by atoms with Gasteiger partial charge < -0.3 is 14.3 Å². The molecule has 6 heteroatoms. The molecule has 156 valence electrons. The summed E-state index contributed by atoms with van der Waals surface area (Å²) in [5, 5.41) is 2.38. The van der Waals surface area contributed by atoms with Crippen LogP contribution in [0.25, 0.3) is 22.0 Å². The molecular weight excluding hydrogens is 373 g/mol. The molecule has 0 unspecified atom stereocenters. The van der Waals surface area contributed by atoms with Gasteiger partial charge in [-0.1, -0.05) is 30.3 Å². The number of aromatic amines is 1. The SMILES string of the molecule is CN1CCC[C@H]1c1ncc(-c2ccc3cc(B4OC(C)(C)C(C)(C)O4)ccc3c2)[nH]1. The van der Waals surface area contributed by atoms with Crippen molar-refractivity contribution in [3.8, 4) is 11.3 Å². The van der Waals surface area contributed by atoms with E-state index in [0.717, 1.165) is 29.1 Å². The molecule has 0 saturated carbocycles. The molecule has 2 aliphatic rings. The topological polar surface area (TPSA) is 50.4 Å². The monoisotopic (exact) mass is 403 g/mol. The lowest BCUT2D eigenvalue weighted by molar-refractivity contribution is 0.00578. The molecule has 0 bridgehead atoms. The summed E-state index contributed by atoms with van der Waals surface area (Å²) in [6.45, 7) is 9.48. The Morgan fingerprint density at radius 2 is 1.73 bits per heavy atom. The number of hydrogen-bond acceptors (Lipinski definition) is 4. The summed E-state index contributed by atoms with van der Waals surface area (Å²) >= 11 is 0. The Hall–Kier alpha value is -2.15. The summed E-state index contributed by atoms with van der Waals surface area (Å²) in [6.07, 6.45) is 4.36. The van der Waals surface area contributed by atoms with Gasteiger partial charge in [-0.15, -0.1) is 0 Å². The molecule has 2 aliphatic heterocycles. The zero-order valence-corrected chi connectivity index (χ0v) is 18.5. The van der Waals surface area contributed by atoms with Crippen molar-refractivity contribution in [2.24, 2.45) is 0 Å². The van der Waals surface area contributed by atoms with E-state index >= 15 is 0 Å². The number of rotatable bonds is 3.